The molecule has 0 saturated carbocycles. The molecule has 3 rings (SSSR count). The van der Waals surface area contributed by atoms with Gasteiger partial charge in [0.25, 0.3) is 5.91 Å². The molecule has 6 nitrogen and oxygen atoms in total. The van der Waals surface area contributed by atoms with Crippen molar-refractivity contribution in [1.29, 1.82) is 0 Å². The summed E-state index contributed by atoms with van der Waals surface area (Å²) in [6.07, 6.45) is -0.349. The summed E-state index contributed by atoms with van der Waals surface area (Å²) >= 11 is 3.35. The molecule has 2 atom stereocenters. The van der Waals surface area contributed by atoms with Crippen LogP contribution in [-0.4, -0.2) is 43.9 Å². The van der Waals surface area contributed by atoms with Gasteiger partial charge in [-0.1, -0.05) is 28.1 Å². The molecule has 1 N–H and O–H groups in total. The summed E-state index contributed by atoms with van der Waals surface area (Å²) in [5, 5.41) is 2.77. The van der Waals surface area contributed by atoms with Crippen molar-refractivity contribution in [1.82, 2.24) is 4.31 Å². The maximum absolute atomic E-state index is 13.0. The van der Waals surface area contributed by atoms with Gasteiger partial charge in [-0.3, -0.25) is 4.79 Å². The molecule has 2 aromatic carbocycles. The van der Waals surface area contributed by atoms with Crippen LogP contribution in [0.25, 0.3) is 0 Å². The van der Waals surface area contributed by atoms with Crippen molar-refractivity contribution < 1.29 is 17.9 Å². The number of amides is 1. The van der Waals surface area contributed by atoms with E-state index in [1.165, 1.54) is 16.4 Å². The van der Waals surface area contributed by atoms with Gasteiger partial charge in [0.2, 0.25) is 10.0 Å². The summed E-state index contributed by atoms with van der Waals surface area (Å²) in [5.74, 6) is -0.367. The van der Waals surface area contributed by atoms with Crippen molar-refractivity contribution in [2.24, 2.45) is 0 Å². The average molecular weight is 453 g/mol. The molecule has 0 radical (unpaired) electrons. The third kappa shape index (κ3) is 4.76. The third-order valence-electron chi connectivity index (χ3n) is 4.20. The first-order valence-corrected chi connectivity index (χ1v) is 10.8. The van der Waals surface area contributed by atoms with Gasteiger partial charge in [0.15, 0.2) is 0 Å². The standard InChI is InChI=1S/C19H21BrN2O4S/c1-13-11-22(12-14(2)26-13)27(24,25)18-8-3-5-15(9-18)19(23)21-17-7-4-6-16(20)10-17/h3-10,13-14H,11-12H2,1-2H3,(H,21,23). The quantitative estimate of drug-likeness (QED) is 0.769. The first kappa shape index (κ1) is 20.0. The molecule has 1 amide bonds. The Morgan fingerprint density at radius 3 is 2.44 bits per heavy atom. The molecule has 8 heteroatoms. The number of rotatable bonds is 4. The number of anilines is 1. The Bertz CT molecular complexity index is 938. The zero-order chi connectivity index (χ0) is 19.6. The second-order valence-electron chi connectivity index (χ2n) is 6.57. The topological polar surface area (TPSA) is 75.7 Å². The molecule has 1 saturated heterocycles. The molecule has 1 aliphatic rings. The van der Waals surface area contributed by atoms with Crippen LogP contribution < -0.4 is 5.32 Å². The molecular formula is C19H21BrN2O4S. The van der Waals surface area contributed by atoms with Gasteiger partial charge in [0, 0.05) is 28.8 Å². The fourth-order valence-electron chi connectivity index (χ4n) is 3.04. The molecule has 1 fully saturated rings. The maximum Gasteiger partial charge on any atom is 0.255 e. The van der Waals surface area contributed by atoms with Gasteiger partial charge in [-0.05, 0) is 50.2 Å². The van der Waals surface area contributed by atoms with Crippen LogP contribution in [0.2, 0.25) is 0 Å². The highest BCUT2D eigenvalue weighted by molar-refractivity contribution is 9.10. The number of nitrogens with zero attached hydrogens (tertiary/aromatic N) is 1. The molecule has 0 spiro atoms. The van der Waals surface area contributed by atoms with Gasteiger partial charge in [0.1, 0.15) is 0 Å². The number of nitrogens with one attached hydrogen (secondary N) is 1. The lowest BCUT2D eigenvalue weighted by atomic mass is 10.2. The van der Waals surface area contributed by atoms with E-state index in [-0.39, 0.29) is 28.6 Å². The van der Waals surface area contributed by atoms with E-state index in [2.05, 4.69) is 21.2 Å². The smallest absolute Gasteiger partial charge is 0.255 e. The van der Waals surface area contributed by atoms with E-state index >= 15 is 0 Å². The normalized spacial score (nSPS) is 21.0. The lowest BCUT2D eigenvalue weighted by Crippen LogP contribution is -2.48. The minimum atomic E-state index is -3.70. The van der Waals surface area contributed by atoms with Gasteiger partial charge >= 0.3 is 0 Å². The largest absolute Gasteiger partial charge is 0.373 e. The summed E-state index contributed by atoms with van der Waals surface area (Å²) in [7, 11) is -3.70. The Balaban J connectivity index is 1.83. The molecule has 144 valence electrons. The van der Waals surface area contributed by atoms with Crippen LogP contribution >= 0.6 is 15.9 Å². The fourth-order valence-corrected chi connectivity index (χ4v) is 5.08. The van der Waals surface area contributed by atoms with Crippen LogP contribution in [0.4, 0.5) is 5.69 Å². The maximum atomic E-state index is 13.0. The van der Waals surface area contributed by atoms with Gasteiger partial charge in [-0.2, -0.15) is 4.31 Å². The van der Waals surface area contributed by atoms with E-state index in [0.29, 0.717) is 18.8 Å². The van der Waals surface area contributed by atoms with Gasteiger partial charge in [-0.15, -0.1) is 0 Å². The number of ether oxygens (including phenoxy) is 1. The molecule has 0 aromatic heterocycles. The summed E-state index contributed by atoms with van der Waals surface area (Å²) in [4.78, 5) is 12.6. The lowest BCUT2D eigenvalue weighted by molar-refractivity contribution is -0.0440. The second-order valence-corrected chi connectivity index (χ2v) is 9.43. The van der Waals surface area contributed by atoms with Crippen LogP contribution in [0.15, 0.2) is 57.9 Å². The zero-order valence-corrected chi connectivity index (χ0v) is 17.5. The van der Waals surface area contributed by atoms with Gasteiger partial charge in [-0.25, -0.2) is 8.42 Å². The third-order valence-corrected chi connectivity index (χ3v) is 6.52. The number of benzene rings is 2. The van der Waals surface area contributed by atoms with Crippen LogP contribution in [0.3, 0.4) is 0 Å². The minimum absolute atomic E-state index is 0.102. The first-order chi connectivity index (χ1) is 12.8. The number of sulfonamides is 1. The summed E-state index contributed by atoms with van der Waals surface area (Å²) in [6, 6.07) is 13.3. The zero-order valence-electron chi connectivity index (χ0n) is 15.1. The summed E-state index contributed by atoms with van der Waals surface area (Å²) in [6.45, 7) is 4.28. The Labute approximate surface area is 167 Å². The Morgan fingerprint density at radius 2 is 1.78 bits per heavy atom. The molecule has 2 unspecified atom stereocenters. The number of carbonyl (C=O) groups excluding carboxylic acids is 1. The second kappa shape index (κ2) is 8.10. The number of halogens is 1. The predicted octanol–water partition coefficient (Wildman–Crippen LogP) is 3.50. The Hall–Kier alpha value is -1.74. The van der Waals surface area contributed by atoms with E-state index in [9.17, 15) is 13.2 Å². The van der Waals surface area contributed by atoms with Crippen molar-refractivity contribution in [2.45, 2.75) is 31.0 Å². The molecule has 0 aliphatic carbocycles. The van der Waals surface area contributed by atoms with E-state index in [4.69, 9.17) is 4.74 Å². The fraction of sp³-hybridized carbons (Fsp3) is 0.316. The predicted molar refractivity (Wildman–Crippen MR) is 107 cm³/mol. The van der Waals surface area contributed by atoms with Crippen LogP contribution in [0, 0.1) is 0 Å². The van der Waals surface area contributed by atoms with Crippen LogP contribution in [0.1, 0.15) is 24.2 Å². The van der Waals surface area contributed by atoms with Crippen molar-refractivity contribution in [3.05, 3.63) is 58.6 Å². The average Bonchev–Trinajstić information content (AvgIpc) is 2.61. The Morgan fingerprint density at radius 1 is 1.11 bits per heavy atom. The van der Waals surface area contributed by atoms with E-state index in [1.807, 2.05) is 19.9 Å². The van der Waals surface area contributed by atoms with Crippen molar-refractivity contribution in [3.8, 4) is 0 Å². The molecule has 0 bridgehead atoms. The highest BCUT2D eigenvalue weighted by atomic mass is 79.9. The molecule has 27 heavy (non-hydrogen) atoms. The number of hydrogen-bond acceptors (Lipinski definition) is 4. The van der Waals surface area contributed by atoms with Gasteiger partial charge in [0.05, 0.1) is 17.1 Å². The first-order valence-electron chi connectivity index (χ1n) is 8.58. The van der Waals surface area contributed by atoms with E-state index in [0.717, 1.165) is 4.47 Å². The number of carbonyl (C=O) groups is 1. The van der Waals surface area contributed by atoms with E-state index in [1.54, 1.807) is 30.3 Å². The summed E-state index contributed by atoms with van der Waals surface area (Å²) in [5.41, 5.74) is 0.906. The lowest BCUT2D eigenvalue weighted by Gasteiger charge is -2.34. The van der Waals surface area contributed by atoms with E-state index < -0.39 is 10.0 Å². The van der Waals surface area contributed by atoms with Crippen molar-refractivity contribution >= 4 is 37.5 Å². The molecular weight excluding hydrogens is 432 g/mol. The molecule has 1 aliphatic heterocycles. The highest BCUT2D eigenvalue weighted by Crippen LogP contribution is 2.23. The van der Waals surface area contributed by atoms with Crippen molar-refractivity contribution in [2.75, 3.05) is 18.4 Å². The van der Waals surface area contributed by atoms with Crippen LogP contribution in [0.5, 0.6) is 0 Å². The monoisotopic (exact) mass is 452 g/mol. The molecule has 2 aromatic rings. The summed E-state index contributed by atoms with van der Waals surface area (Å²) < 4.78 is 33.8. The minimum Gasteiger partial charge on any atom is -0.373 e. The Kier molecular flexibility index (Phi) is 6.00. The van der Waals surface area contributed by atoms with Crippen LogP contribution in [-0.2, 0) is 14.8 Å². The molecule has 1 heterocycles. The van der Waals surface area contributed by atoms with Crippen molar-refractivity contribution in [3.63, 3.8) is 0 Å². The number of hydrogen-bond donors (Lipinski definition) is 1. The number of morpholine rings is 1. The SMILES string of the molecule is CC1CN(S(=O)(=O)c2cccc(C(=O)Nc3cccc(Br)c3)c2)CC(C)O1. The highest BCUT2D eigenvalue weighted by Gasteiger charge is 2.32. The van der Waals surface area contributed by atoms with Gasteiger partial charge < -0.3 is 10.1 Å².